The van der Waals surface area contributed by atoms with Gasteiger partial charge in [-0.1, -0.05) is 6.08 Å². The van der Waals surface area contributed by atoms with Crippen LogP contribution in [0.2, 0.25) is 0 Å². The highest BCUT2D eigenvalue weighted by atomic mass is 19.4. The summed E-state index contributed by atoms with van der Waals surface area (Å²) in [5, 5.41) is 2.20. The molecule has 0 saturated heterocycles. The fourth-order valence-electron chi connectivity index (χ4n) is 1.64. The first kappa shape index (κ1) is 15.3. The van der Waals surface area contributed by atoms with Crippen molar-refractivity contribution in [2.24, 2.45) is 0 Å². The first-order chi connectivity index (χ1) is 8.18. The van der Waals surface area contributed by atoms with Gasteiger partial charge in [0, 0.05) is 31.8 Å². The summed E-state index contributed by atoms with van der Waals surface area (Å²) in [5.41, 5.74) is -0.554. The number of hydrogen-bond donors (Lipinski definition) is 1. The zero-order valence-electron chi connectivity index (χ0n) is 9.53. The Morgan fingerprint density at radius 3 is 2.28 bits per heavy atom. The van der Waals surface area contributed by atoms with Crippen LogP contribution in [0.1, 0.15) is 6.42 Å². The van der Waals surface area contributed by atoms with E-state index in [0.717, 1.165) is 6.08 Å². The standard InChI is InChI=1S/C10H14F6N2/c11-9(12,13)7-17-3-6-18-4-1-8(2-5-18)10(14,15)16/h1,17H,2-7H2. The molecule has 1 aliphatic rings. The molecule has 1 aliphatic heterocycles. The van der Waals surface area contributed by atoms with Crippen LogP contribution in [0.5, 0.6) is 0 Å². The third kappa shape index (κ3) is 5.72. The summed E-state index contributed by atoms with van der Waals surface area (Å²) in [6, 6.07) is 0. The van der Waals surface area contributed by atoms with Gasteiger partial charge >= 0.3 is 12.4 Å². The summed E-state index contributed by atoms with van der Waals surface area (Å²) in [7, 11) is 0. The molecule has 0 aromatic rings. The quantitative estimate of drug-likeness (QED) is 0.481. The normalized spacial score (nSPS) is 18.9. The van der Waals surface area contributed by atoms with Gasteiger partial charge in [-0.05, 0) is 6.42 Å². The summed E-state index contributed by atoms with van der Waals surface area (Å²) in [6.45, 7) is -0.321. The molecule has 1 rings (SSSR count). The highest BCUT2D eigenvalue weighted by molar-refractivity contribution is 5.12. The van der Waals surface area contributed by atoms with E-state index < -0.39 is 24.5 Å². The van der Waals surface area contributed by atoms with E-state index >= 15 is 0 Å². The maximum absolute atomic E-state index is 12.3. The summed E-state index contributed by atoms with van der Waals surface area (Å²) in [4.78, 5) is 1.68. The fraction of sp³-hybridized carbons (Fsp3) is 0.800. The fourth-order valence-corrected chi connectivity index (χ4v) is 1.64. The summed E-state index contributed by atoms with van der Waals surface area (Å²) in [5.74, 6) is 0. The molecule has 0 saturated carbocycles. The van der Waals surface area contributed by atoms with Crippen LogP contribution in [-0.4, -0.2) is 50.0 Å². The first-order valence-electron chi connectivity index (χ1n) is 5.44. The average Bonchev–Trinajstić information content (AvgIpc) is 2.22. The summed E-state index contributed by atoms with van der Waals surface area (Å²) < 4.78 is 72.2. The van der Waals surface area contributed by atoms with Crippen LogP contribution in [0.25, 0.3) is 0 Å². The van der Waals surface area contributed by atoms with Crippen LogP contribution >= 0.6 is 0 Å². The van der Waals surface area contributed by atoms with Crippen LogP contribution < -0.4 is 5.32 Å². The molecule has 0 fully saturated rings. The molecule has 106 valence electrons. The van der Waals surface area contributed by atoms with Crippen molar-refractivity contribution in [3.05, 3.63) is 11.6 Å². The predicted octanol–water partition coefficient (Wildman–Crippen LogP) is 2.33. The molecule has 8 heteroatoms. The minimum atomic E-state index is -4.29. The van der Waals surface area contributed by atoms with E-state index in [2.05, 4.69) is 5.32 Å². The van der Waals surface area contributed by atoms with Crippen molar-refractivity contribution in [2.75, 3.05) is 32.7 Å². The Morgan fingerprint density at radius 2 is 1.83 bits per heavy atom. The Hall–Kier alpha value is -0.760. The van der Waals surface area contributed by atoms with Gasteiger partial charge in [0.15, 0.2) is 0 Å². The van der Waals surface area contributed by atoms with E-state index in [1.165, 1.54) is 0 Å². The molecule has 1 heterocycles. The number of halogens is 6. The highest BCUT2D eigenvalue weighted by Gasteiger charge is 2.34. The van der Waals surface area contributed by atoms with Gasteiger partial charge in [0.1, 0.15) is 0 Å². The van der Waals surface area contributed by atoms with E-state index in [0.29, 0.717) is 6.54 Å². The predicted molar refractivity (Wildman–Crippen MR) is 54.1 cm³/mol. The number of hydrogen-bond acceptors (Lipinski definition) is 2. The molecular weight excluding hydrogens is 262 g/mol. The van der Waals surface area contributed by atoms with Gasteiger partial charge in [-0.25, -0.2) is 0 Å². The smallest absolute Gasteiger partial charge is 0.307 e. The van der Waals surface area contributed by atoms with Crippen LogP contribution in [0.15, 0.2) is 11.6 Å². The Labute approximate surface area is 101 Å². The number of rotatable bonds is 4. The zero-order chi connectivity index (χ0) is 13.8. The van der Waals surface area contributed by atoms with Gasteiger partial charge in [-0.15, -0.1) is 0 Å². The molecule has 0 amide bonds. The Bertz CT molecular complexity index is 294. The van der Waals surface area contributed by atoms with E-state index in [9.17, 15) is 26.3 Å². The molecule has 18 heavy (non-hydrogen) atoms. The van der Waals surface area contributed by atoms with Crippen LogP contribution in [0.4, 0.5) is 26.3 Å². The Morgan fingerprint density at radius 1 is 1.17 bits per heavy atom. The minimum absolute atomic E-state index is 0.106. The van der Waals surface area contributed by atoms with Crippen LogP contribution in [0.3, 0.4) is 0 Å². The molecule has 0 unspecified atom stereocenters. The van der Waals surface area contributed by atoms with E-state index in [1.807, 2.05) is 0 Å². The zero-order valence-corrected chi connectivity index (χ0v) is 9.53. The molecule has 1 N–H and O–H groups in total. The van der Waals surface area contributed by atoms with Gasteiger partial charge in [-0.3, -0.25) is 4.90 Å². The maximum atomic E-state index is 12.3. The maximum Gasteiger partial charge on any atom is 0.412 e. The second-order valence-electron chi connectivity index (χ2n) is 4.07. The van der Waals surface area contributed by atoms with Crippen molar-refractivity contribution in [3.63, 3.8) is 0 Å². The lowest BCUT2D eigenvalue weighted by atomic mass is 10.1. The lowest BCUT2D eigenvalue weighted by Gasteiger charge is -2.27. The number of alkyl halides is 6. The van der Waals surface area contributed by atoms with Crippen molar-refractivity contribution < 1.29 is 26.3 Å². The van der Waals surface area contributed by atoms with Gasteiger partial charge in [-0.2, -0.15) is 26.3 Å². The third-order valence-electron chi connectivity index (χ3n) is 2.59. The molecule has 0 aromatic heterocycles. The summed E-state index contributed by atoms with van der Waals surface area (Å²) >= 11 is 0. The lowest BCUT2D eigenvalue weighted by molar-refractivity contribution is -0.124. The monoisotopic (exact) mass is 276 g/mol. The lowest BCUT2D eigenvalue weighted by Crippen LogP contribution is -2.39. The van der Waals surface area contributed by atoms with E-state index in [1.54, 1.807) is 4.90 Å². The Kier molecular flexibility index (Phi) is 5.03. The SMILES string of the molecule is FC(F)(F)CNCCN1CC=C(C(F)(F)F)CC1. The second kappa shape index (κ2) is 5.92. The van der Waals surface area contributed by atoms with Gasteiger partial charge in [0.25, 0.3) is 0 Å². The summed E-state index contributed by atoms with van der Waals surface area (Å²) in [6.07, 6.45) is -7.57. The molecule has 0 aliphatic carbocycles. The van der Waals surface area contributed by atoms with Crippen molar-refractivity contribution in [1.29, 1.82) is 0 Å². The van der Waals surface area contributed by atoms with Crippen LogP contribution in [-0.2, 0) is 0 Å². The Balaban J connectivity index is 2.22. The molecule has 0 bridgehead atoms. The average molecular weight is 276 g/mol. The van der Waals surface area contributed by atoms with Gasteiger partial charge in [0.2, 0.25) is 0 Å². The van der Waals surface area contributed by atoms with Crippen molar-refractivity contribution in [3.8, 4) is 0 Å². The molecule has 0 atom stereocenters. The van der Waals surface area contributed by atoms with Crippen molar-refractivity contribution in [1.82, 2.24) is 10.2 Å². The topological polar surface area (TPSA) is 15.3 Å². The van der Waals surface area contributed by atoms with Crippen molar-refractivity contribution >= 4 is 0 Å². The van der Waals surface area contributed by atoms with Crippen molar-refractivity contribution in [2.45, 2.75) is 18.8 Å². The number of nitrogens with one attached hydrogen (secondary N) is 1. The van der Waals surface area contributed by atoms with E-state index in [-0.39, 0.29) is 26.1 Å². The second-order valence-corrected chi connectivity index (χ2v) is 4.07. The molecule has 0 radical (unpaired) electrons. The largest absolute Gasteiger partial charge is 0.412 e. The van der Waals surface area contributed by atoms with E-state index in [4.69, 9.17) is 0 Å². The third-order valence-corrected chi connectivity index (χ3v) is 2.59. The molecular formula is C10H14F6N2. The first-order valence-corrected chi connectivity index (χ1v) is 5.44. The minimum Gasteiger partial charge on any atom is -0.307 e. The van der Waals surface area contributed by atoms with Gasteiger partial charge in [0.05, 0.1) is 6.54 Å². The van der Waals surface area contributed by atoms with Gasteiger partial charge < -0.3 is 5.32 Å². The molecule has 0 spiro atoms. The highest BCUT2D eigenvalue weighted by Crippen LogP contribution is 2.29. The van der Waals surface area contributed by atoms with Crippen LogP contribution in [0, 0.1) is 0 Å². The molecule has 0 aromatic carbocycles. The number of nitrogens with zero attached hydrogens (tertiary/aromatic N) is 1. The molecule has 2 nitrogen and oxygen atoms in total.